The van der Waals surface area contributed by atoms with Crippen molar-refractivity contribution >= 4 is 18.3 Å². The van der Waals surface area contributed by atoms with E-state index in [-0.39, 0.29) is 42.6 Å². The Morgan fingerprint density at radius 3 is 2.73 bits per heavy atom. The molecule has 1 fully saturated rings. The van der Waals surface area contributed by atoms with Gasteiger partial charge in [0.1, 0.15) is 12.4 Å². The smallest absolute Gasteiger partial charge is 0.223 e. The number of piperidine rings is 1. The van der Waals surface area contributed by atoms with Crippen molar-refractivity contribution in [3.05, 3.63) is 29.8 Å². The van der Waals surface area contributed by atoms with E-state index in [1.54, 1.807) is 6.92 Å². The Hall–Kier alpha value is -1.40. The van der Waals surface area contributed by atoms with Crippen LogP contribution in [0, 0.1) is 17.6 Å². The van der Waals surface area contributed by atoms with Gasteiger partial charge in [0, 0.05) is 12.0 Å². The van der Waals surface area contributed by atoms with Gasteiger partial charge >= 0.3 is 0 Å². The van der Waals surface area contributed by atoms with Gasteiger partial charge in [-0.2, -0.15) is 0 Å². The molecule has 0 aromatic heterocycles. The highest BCUT2D eigenvalue weighted by atomic mass is 35.5. The van der Waals surface area contributed by atoms with Gasteiger partial charge < -0.3 is 15.4 Å². The summed E-state index contributed by atoms with van der Waals surface area (Å²) in [7, 11) is 0. The highest BCUT2D eigenvalue weighted by Gasteiger charge is 2.22. The van der Waals surface area contributed by atoms with Crippen molar-refractivity contribution in [3.63, 3.8) is 0 Å². The molecule has 1 saturated heterocycles. The predicted octanol–water partition coefficient (Wildman–Crippen LogP) is 2.27. The van der Waals surface area contributed by atoms with Crippen molar-refractivity contribution in [1.29, 1.82) is 0 Å². The third kappa shape index (κ3) is 5.42. The van der Waals surface area contributed by atoms with Crippen molar-refractivity contribution in [2.24, 2.45) is 5.92 Å². The van der Waals surface area contributed by atoms with Crippen LogP contribution in [0.2, 0.25) is 0 Å². The van der Waals surface area contributed by atoms with E-state index in [1.807, 2.05) is 0 Å². The molecule has 1 aromatic carbocycles. The quantitative estimate of drug-likeness (QED) is 0.868. The molecular weight excluding hydrogens is 314 g/mol. The Morgan fingerprint density at radius 1 is 1.41 bits per heavy atom. The first-order valence-corrected chi connectivity index (χ1v) is 7.15. The highest BCUT2D eigenvalue weighted by Crippen LogP contribution is 2.18. The van der Waals surface area contributed by atoms with Crippen LogP contribution in [0.15, 0.2) is 18.2 Å². The van der Waals surface area contributed by atoms with Crippen molar-refractivity contribution in [1.82, 2.24) is 10.6 Å². The molecule has 1 aliphatic heterocycles. The SMILES string of the molecule is CC(COc1ccc(F)cc1F)NC(=O)C1CCNCC1.Cl. The number of nitrogens with one attached hydrogen (secondary N) is 2. The zero-order valence-corrected chi connectivity index (χ0v) is 13.2. The van der Waals surface area contributed by atoms with E-state index in [2.05, 4.69) is 10.6 Å². The number of ether oxygens (including phenoxy) is 1. The molecule has 0 bridgehead atoms. The van der Waals surface area contributed by atoms with E-state index in [4.69, 9.17) is 4.74 Å². The average Bonchev–Trinajstić information content (AvgIpc) is 2.47. The molecule has 0 radical (unpaired) electrons. The van der Waals surface area contributed by atoms with Gasteiger partial charge in [-0.05, 0) is 45.0 Å². The molecule has 2 rings (SSSR count). The number of amides is 1. The second-order valence-corrected chi connectivity index (χ2v) is 5.32. The second-order valence-electron chi connectivity index (χ2n) is 5.32. The van der Waals surface area contributed by atoms with Crippen LogP contribution in [0.4, 0.5) is 8.78 Å². The van der Waals surface area contributed by atoms with Crippen LogP contribution < -0.4 is 15.4 Å². The number of carbonyl (C=O) groups is 1. The van der Waals surface area contributed by atoms with Gasteiger partial charge in [0.15, 0.2) is 11.6 Å². The molecule has 1 aromatic rings. The van der Waals surface area contributed by atoms with Crippen molar-refractivity contribution in [3.8, 4) is 5.75 Å². The summed E-state index contributed by atoms with van der Waals surface area (Å²) < 4.78 is 31.4. The van der Waals surface area contributed by atoms with Gasteiger partial charge in [0.25, 0.3) is 0 Å². The molecule has 1 aliphatic rings. The molecule has 1 amide bonds. The van der Waals surface area contributed by atoms with E-state index >= 15 is 0 Å². The van der Waals surface area contributed by atoms with E-state index in [0.717, 1.165) is 38.1 Å². The van der Waals surface area contributed by atoms with Crippen molar-refractivity contribution in [2.75, 3.05) is 19.7 Å². The third-order valence-corrected chi connectivity index (χ3v) is 3.48. The Morgan fingerprint density at radius 2 is 2.09 bits per heavy atom. The predicted molar refractivity (Wildman–Crippen MR) is 82.3 cm³/mol. The minimum atomic E-state index is -0.744. The first-order valence-electron chi connectivity index (χ1n) is 7.15. The maximum Gasteiger partial charge on any atom is 0.223 e. The topological polar surface area (TPSA) is 50.4 Å². The summed E-state index contributed by atoms with van der Waals surface area (Å²) in [4.78, 5) is 12.0. The molecular formula is C15H21ClF2N2O2. The minimum Gasteiger partial charge on any atom is -0.488 e. The second kappa shape index (κ2) is 8.90. The van der Waals surface area contributed by atoms with Gasteiger partial charge in [0.05, 0.1) is 6.04 Å². The van der Waals surface area contributed by atoms with Gasteiger partial charge in [-0.25, -0.2) is 8.78 Å². The molecule has 1 unspecified atom stereocenters. The van der Waals surface area contributed by atoms with Crippen LogP contribution in [-0.4, -0.2) is 31.6 Å². The van der Waals surface area contributed by atoms with E-state index in [9.17, 15) is 13.6 Å². The molecule has 22 heavy (non-hydrogen) atoms. The molecule has 0 aliphatic carbocycles. The minimum absolute atomic E-state index is 0. The van der Waals surface area contributed by atoms with Crippen LogP contribution in [0.5, 0.6) is 5.75 Å². The maximum atomic E-state index is 13.4. The molecule has 1 heterocycles. The van der Waals surface area contributed by atoms with Crippen molar-refractivity contribution < 1.29 is 18.3 Å². The number of halogens is 3. The zero-order chi connectivity index (χ0) is 15.2. The third-order valence-electron chi connectivity index (χ3n) is 3.48. The monoisotopic (exact) mass is 334 g/mol. The maximum absolute atomic E-state index is 13.4. The van der Waals surface area contributed by atoms with E-state index in [1.165, 1.54) is 6.07 Å². The highest BCUT2D eigenvalue weighted by molar-refractivity contribution is 5.85. The number of hydrogen-bond acceptors (Lipinski definition) is 3. The van der Waals surface area contributed by atoms with Crippen LogP contribution in [0.25, 0.3) is 0 Å². The number of hydrogen-bond donors (Lipinski definition) is 2. The summed E-state index contributed by atoms with van der Waals surface area (Å²) in [5.74, 6) is -1.37. The summed E-state index contributed by atoms with van der Waals surface area (Å²) in [5.41, 5.74) is 0. The zero-order valence-electron chi connectivity index (χ0n) is 12.4. The normalized spacial score (nSPS) is 16.5. The van der Waals surface area contributed by atoms with Crippen molar-refractivity contribution in [2.45, 2.75) is 25.8 Å². The van der Waals surface area contributed by atoms with Crippen LogP contribution >= 0.6 is 12.4 Å². The summed E-state index contributed by atoms with van der Waals surface area (Å²) >= 11 is 0. The lowest BCUT2D eigenvalue weighted by Gasteiger charge is -2.24. The number of benzene rings is 1. The van der Waals surface area contributed by atoms with Gasteiger partial charge in [0.2, 0.25) is 5.91 Å². The molecule has 1 atom stereocenters. The molecule has 124 valence electrons. The Kier molecular flexibility index (Phi) is 7.55. The van der Waals surface area contributed by atoms with Gasteiger partial charge in [-0.15, -0.1) is 12.4 Å². The molecule has 0 saturated carbocycles. The molecule has 2 N–H and O–H groups in total. The van der Waals surface area contributed by atoms with Crippen LogP contribution in [-0.2, 0) is 4.79 Å². The van der Waals surface area contributed by atoms with E-state index in [0.29, 0.717) is 0 Å². The summed E-state index contributed by atoms with van der Waals surface area (Å²) in [6, 6.07) is 2.91. The fraction of sp³-hybridized carbons (Fsp3) is 0.533. The molecule has 4 nitrogen and oxygen atoms in total. The lowest BCUT2D eigenvalue weighted by atomic mass is 9.97. The Balaban J connectivity index is 0.00000242. The summed E-state index contributed by atoms with van der Waals surface area (Å²) in [6.45, 7) is 3.63. The Labute approximate surface area is 135 Å². The number of rotatable bonds is 5. The Bertz CT molecular complexity index is 496. The standard InChI is InChI=1S/C15H20F2N2O2.ClH/c1-10(19-15(20)11-4-6-18-7-5-11)9-21-14-3-2-12(16)8-13(14)17;/h2-3,8,10-11,18H,4-7,9H2,1H3,(H,19,20);1H. The fourth-order valence-corrected chi connectivity index (χ4v) is 2.29. The fourth-order valence-electron chi connectivity index (χ4n) is 2.29. The van der Waals surface area contributed by atoms with E-state index < -0.39 is 11.6 Å². The lowest BCUT2D eigenvalue weighted by molar-refractivity contribution is -0.126. The summed E-state index contributed by atoms with van der Waals surface area (Å²) in [5, 5.41) is 6.07. The number of carbonyl (C=O) groups excluding carboxylic acids is 1. The summed E-state index contributed by atoms with van der Waals surface area (Å²) in [6.07, 6.45) is 1.65. The molecule has 0 spiro atoms. The molecule has 7 heteroatoms. The average molecular weight is 335 g/mol. The van der Waals surface area contributed by atoms with Crippen LogP contribution in [0.3, 0.4) is 0 Å². The van der Waals surface area contributed by atoms with Gasteiger partial charge in [-0.1, -0.05) is 0 Å². The largest absolute Gasteiger partial charge is 0.488 e. The first-order chi connectivity index (χ1) is 10.1. The lowest BCUT2D eigenvalue weighted by Crippen LogP contribution is -2.43. The first kappa shape index (κ1) is 18.6. The van der Waals surface area contributed by atoms with Crippen LogP contribution in [0.1, 0.15) is 19.8 Å². The van der Waals surface area contributed by atoms with Gasteiger partial charge in [-0.3, -0.25) is 4.79 Å².